The number of nitrogens with one attached hydrogen (secondary N) is 1. The van der Waals surface area contributed by atoms with E-state index in [0.29, 0.717) is 32.2 Å². The first-order chi connectivity index (χ1) is 7.97. The molecule has 1 fully saturated rings. The predicted molar refractivity (Wildman–Crippen MR) is 66.7 cm³/mol. The molecule has 1 saturated heterocycles. The van der Waals surface area contributed by atoms with Crippen molar-refractivity contribution in [1.29, 1.82) is 0 Å². The number of nitrogens with zero attached hydrogens (tertiary/aromatic N) is 1. The fraction of sp³-hybridized carbons (Fsp3) is 1.00. The van der Waals surface area contributed by atoms with Gasteiger partial charge in [0, 0.05) is 32.8 Å². The molecule has 6 nitrogen and oxygen atoms in total. The first-order valence-corrected chi connectivity index (χ1v) is 7.40. The third-order valence-corrected chi connectivity index (χ3v) is 4.79. The Hall–Kier alpha value is -0.210. The van der Waals surface area contributed by atoms with E-state index < -0.39 is 10.2 Å². The molecule has 0 aliphatic carbocycles. The number of piperidine rings is 1. The molecular weight excluding hydrogens is 242 g/mol. The van der Waals surface area contributed by atoms with Crippen LogP contribution in [0.1, 0.15) is 19.8 Å². The van der Waals surface area contributed by atoms with Gasteiger partial charge in [0.2, 0.25) is 0 Å². The Labute approximate surface area is 104 Å². The van der Waals surface area contributed by atoms with Crippen LogP contribution in [0.5, 0.6) is 0 Å². The fourth-order valence-corrected chi connectivity index (χ4v) is 3.22. The summed E-state index contributed by atoms with van der Waals surface area (Å²) in [6, 6.07) is 0.140. The number of hydrogen-bond acceptors (Lipinski definition) is 4. The molecule has 3 N–H and O–H groups in total. The molecule has 1 rings (SSSR count). The summed E-state index contributed by atoms with van der Waals surface area (Å²) in [6.45, 7) is 3.77. The Bertz CT molecular complexity index is 311. The maximum atomic E-state index is 11.9. The number of hydrogen-bond donors (Lipinski definition) is 2. The van der Waals surface area contributed by atoms with Gasteiger partial charge < -0.3 is 10.5 Å². The van der Waals surface area contributed by atoms with Crippen molar-refractivity contribution >= 4 is 10.2 Å². The Kier molecular flexibility index (Phi) is 5.81. The highest BCUT2D eigenvalue weighted by molar-refractivity contribution is 7.87. The molecule has 0 aromatic carbocycles. The molecule has 17 heavy (non-hydrogen) atoms. The smallest absolute Gasteiger partial charge is 0.279 e. The Morgan fingerprint density at radius 3 is 2.53 bits per heavy atom. The Morgan fingerprint density at radius 1 is 1.47 bits per heavy atom. The van der Waals surface area contributed by atoms with Crippen molar-refractivity contribution in [3.05, 3.63) is 0 Å². The second-order valence-electron chi connectivity index (χ2n) is 4.49. The molecule has 1 aliphatic heterocycles. The van der Waals surface area contributed by atoms with Gasteiger partial charge in [-0.25, -0.2) is 0 Å². The van der Waals surface area contributed by atoms with Gasteiger partial charge in [-0.2, -0.15) is 17.4 Å². The second kappa shape index (κ2) is 6.65. The van der Waals surface area contributed by atoms with E-state index in [1.807, 2.05) is 6.92 Å². The van der Waals surface area contributed by atoms with Crippen molar-refractivity contribution in [2.45, 2.75) is 25.8 Å². The lowest BCUT2D eigenvalue weighted by Crippen LogP contribution is -2.47. The van der Waals surface area contributed by atoms with E-state index in [1.165, 1.54) is 4.31 Å². The molecule has 0 aromatic rings. The number of ether oxygens (including phenoxy) is 1. The average molecular weight is 265 g/mol. The van der Waals surface area contributed by atoms with Crippen LogP contribution in [-0.4, -0.2) is 52.1 Å². The summed E-state index contributed by atoms with van der Waals surface area (Å²) in [5, 5.41) is 0. The minimum atomic E-state index is -3.34. The van der Waals surface area contributed by atoms with Crippen LogP contribution in [0.3, 0.4) is 0 Å². The van der Waals surface area contributed by atoms with E-state index in [1.54, 1.807) is 7.11 Å². The third-order valence-electron chi connectivity index (χ3n) is 3.17. The van der Waals surface area contributed by atoms with Crippen molar-refractivity contribution < 1.29 is 13.2 Å². The molecule has 0 saturated carbocycles. The molecule has 102 valence electrons. The monoisotopic (exact) mass is 265 g/mol. The van der Waals surface area contributed by atoms with Gasteiger partial charge in [0.15, 0.2) is 0 Å². The third kappa shape index (κ3) is 4.51. The fourth-order valence-electron chi connectivity index (χ4n) is 2.01. The zero-order valence-electron chi connectivity index (χ0n) is 10.6. The second-order valence-corrected chi connectivity index (χ2v) is 6.24. The zero-order chi connectivity index (χ0) is 12.9. The highest BCUT2D eigenvalue weighted by atomic mass is 32.2. The molecule has 0 aromatic heterocycles. The van der Waals surface area contributed by atoms with Crippen molar-refractivity contribution in [2.75, 3.05) is 33.4 Å². The zero-order valence-corrected chi connectivity index (χ0v) is 11.4. The van der Waals surface area contributed by atoms with Gasteiger partial charge in [-0.1, -0.05) is 0 Å². The summed E-state index contributed by atoms with van der Waals surface area (Å²) in [5.74, 6) is 0.431. The lowest BCUT2D eigenvalue weighted by atomic mass is 9.92. The SMILES string of the molecule is COCCNS(=O)(=O)N1CCC(C(C)N)CC1. The minimum Gasteiger partial charge on any atom is -0.383 e. The quantitative estimate of drug-likeness (QED) is 0.636. The van der Waals surface area contributed by atoms with Crippen molar-refractivity contribution in [1.82, 2.24) is 9.03 Å². The first-order valence-electron chi connectivity index (χ1n) is 5.96. The summed E-state index contributed by atoms with van der Waals surface area (Å²) in [6.07, 6.45) is 1.67. The van der Waals surface area contributed by atoms with Crippen LogP contribution in [0.4, 0.5) is 0 Å². The predicted octanol–water partition coefficient (Wildman–Crippen LogP) is -0.474. The number of rotatable bonds is 6. The minimum absolute atomic E-state index is 0.140. The molecule has 0 spiro atoms. The molecule has 0 amide bonds. The molecule has 1 unspecified atom stereocenters. The van der Waals surface area contributed by atoms with E-state index in [2.05, 4.69) is 4.72 Å². The summed E-state index contributed by atoms with van der Waals surface area (Å²) in [5.41, 5.74) is 5.82. The molecule has 1 heterocycles. The molecule has 7 heteroatoms. The highest BCUT2D eigenvalue weighted by Gasteiger charge is 2.28. The lowest BCUT2D eigenvalue weighted by molar-refractivity contribution is 0.202. The topological polar surface area (TPSA) is 84.7 Å². The normalized spacial score (nSPS) is 21.6. The van der Waals surface area contributed by atoms with Crippen LogP contribution in [0.25, 0.3) is 0 Å². The van der Waals surface area contributed by atoms with Gasteiger partial charge >= 0.3 is 0 Å². The van der Waals surface area contributed by atoms with Crippen LogP contribution in [0.15, 0.2) is 0 Å². The number of nitrogens with two attached hydrogens (primary N) is 1. The summed E-state index contributed by atoms with van der Waals surface area (Å²) in [4.78, 5) is 0. The van der Waals surface area contributed by atoms with E-state index in [-0.39, 0.29) is 6.04 Å². The van der Waals surface area contributed by atoms with Crippen LogP contribution < -0.4 is 10.5 Å². The maximum absolute atomic E-state index is 11.9. The van der Waals surface area contributed by atoms with Crippen molar-refractivity contribution in [2.24, 2.45) is 11.7 Å². The number of methoxy groups -OCH3 is 1. The summed E-state index contributed by atoms with van der Waals surface area (Å²) >= 11 is 0. The van der Waals surface area contributed by atoms with E-state index in [4.69, 9.17) is 10.5 Å². The van der Waals surface area contributed by atoms with E-state index in [0.717, 1.165) is 12.8 Å². The lowest BCUT2D eigenvalue weighted by Gasteiger charge is -2.32. The van der Waals surface area contributed by atoms with Crippen molar-refractivity contribution in [3.8, 4) is 0 Å². The van der Waals surface area contributed by atoms with E-state index in [9.17, 15) is 8.42 Å². The van der Waals surface area contributed by atoms with Gasteiger partial charge in [-0.05, 0) is 25.7 Å². The molecule has 1 aliphatic rings. The van der Waals surface area contributed by atoms with E-state index >= 15 is 0 Å². The van der Waals surface area contributed by atoms with Crippen LogP contribution in [0.2, 0.25) is 0 Å². The summed E-state index contributed by atoms with van der Waals surface area (Å²) in [7, 11) is -1.80. The molecule has 0 radical (unpaired) electrons. The largest absolute Gasteiger partial charge is 0.383 e. The Morgan fingerprint density at radius 2 is 2.06 bits per heavy atom. The summed E-state index contributed by atoms with van der Waals surface area (Å²) < 4.78 is 32.5. The standard InChI is InChI=1S/C10H23N3O3S/c1-9(11)10-3-6-13(7-4-10)17(14,15)12-5-8-16-2/h9-10,12H,3-8,11H2,1-2H3. The molecule has 0 bridgehead atoms. The van der Waals surface area contributed by atoms with Gasteiger partial charge in [0.25, 0.3) is 10.2 Å². The van der Waals surface area contributed by atoms with Crippen LogP contribution in [-0.2, 0) is 14.9 Å². The first kappa shape index (κ1) is 14.8. The molecule has 1 atom stereocenters. The highest BCUT2D eigenvalue weighted by Crippen LogP contribution is 2.20. The Balaban J connectivity index is 2.41. The van der Waals surface area contributed by atoms with Gasteiger partial charge in [-0.15, -0.1) is 0 Å². The van der Waals surface area contributed by atoms with Gasteiger partial charge in [-0.3, -0.25) is 0 Å². The molecular formula is C10H23N3O3S. The van der Waals surface area contributed by atoms with Gasteiger partial charge in [0.1, 0.15) is 0 Å². The van der Waals surface area contributed by atoms with Crippen LogP contribution >= 0.6 is 0 Å². The van der Waals surface area contributed by atoms with Gasteiger partial charge in [0.05, 0.1) is 6.61 Å². The van der Waals surface area contributed by atoms with Crippen molar-refractivity contribution in [3.63, 3.8) is 0 Å². The van der Waals surface area contributed by atoms with Crippen LogP contribution in [0, 0.1) is 5.92 Å². The maximum Gasteiger partial charge on any atom is 0.279 e. The average Bonchev–Trinajstić information content (AvgIpc) is 2.29.